The highest BCUT2D eigenvalue weighted by atomic mass is 19.1. The molecule has 4 aromatic carbocycles. The number of fused-ring (bicyclic) bond motifs is 1. The number of urea groups is 2. The molecule has 9 rings (SSSR count). The van der Waals surface area contributed by atoms with Crippen LogP contribution >= 0.6 is 0 Å². The number of nitrogens with one attached hydrogen (secondary N) is 3. The first kappa shape index (κ1) is 47.5. The van der Waals surface area contributed by atoms with E-state index in [1.54, 1.807) is 11.8 Å². The Hall–Kier alpha value is -7.52. The van der Waals surface area contributed by atoms with Gasteiger partial charge in [0, 0.05) is 118 Å². The number of nitrogens with zero attached hydrogens (tertiary/aromatic N) is 7. The summed E-state index contributed by atoms with van der Waals surface area (Å²) < 4.78 is 30.2. The summed E-state index contributed by atoms with van der Waals surface area (Å²) in [5.41, 5.74) is 5.29. The molecule has 4 N–H and O–H groups in total. The Morgan fingerprint density at radius 2 is 1.57 bits per heavy atom. The van der Waals surface area contributed by atoms with Gasteiger partial charge in [0.25, 0.3) is 5.91 Å². The summed E-state index contributed by atoms with van der Waals surface area (Å²) in [4.78, 5) is 73.0. The van der Waals surface area contributed by atoms with Crippen LogP contribution in [0.4, 0.5) is 29.7 Å². The molecule has 3 saturated heterocycles. The molecule has 3 aliphatic heterocycles. The first-order valence-corrected chi connectivity index (χ1v) is 23.4. The first-order chi connectivity index (χ1) is 33.7. The van der Waals surface area contributed by atoms with Gasteiger partial charge >= 0.3 is 12.1 Å². The Morgan fingerprint density at radius 3 is 2.27 bits per heavy atom. The van der Waals surface area contributed by atoms with E-state index in [0.717, 1.165) is 67.7 Å². The zero-order valence-corrected chi connectivity index (χ0v) is 39.3. The van der Waals surface area contributed by atoms with Crippen LogP contribution in [0.5, 0.6) is 0 Å². The molecule has 5 heterocycles. The van der Waals surface area contributed by atoms with Crippen molar-refractivity contribution in [2.45, 2.75) is 45.8 Å². The van der Waals surface area contributed by atoms with Crippen LogP contribution in [-0.2, 0) is 16.9 Å². The maximum absolute atomic E-state index is 15.2. The average Bonchev–Trinajstić information content (AvgIpc) is 3.79. The van der Waals surface area contributed by atoms with Crippen molar-refractivity contribution in [3.05, 3.63) is 131 Å². The van der Waals surface area contributed by atoms with Gasteiger partial charge < -0.3 is 25.2 Å². The van der Waals surface area contributed by atoms with Gasteiger partial charge in [-0.2, -0.15) is 0 Å². The Labute approximate surface area is 404 Å². The van der Waals surface area contributed by atoms with Crippen LogP contribution in [0.25, 0.3) is 33.5 Å². The van der Waals surface area contributed by atoms with E-state index in [9.17, 15) is 24.3 Å². The summed E-state index contributed by atoms with van der Waals surface area (Å²) in [6, 6.07) is 23.7. The SMILES string of the molecule is Cc1c(NC(=O)c2ccc(C(C)(C)O)cc2F)cc(F)cc1-c1ncnc2[nH]c(-c3ccc(CN4CCN(C(=O)N5CCN(CCC#Cc6cccc(N7CCC(=O)NC7=O)c6)CC5)CC4)cc3)cc12. The Bertz CT molecular complexity index is 3030. The van der Waals surface area contributed by atoms with Crippen LogP contribution in [-0.4, -0.2) is 129 Å². The lowest BCUT2D eigenvalue weighted by molar-refractivity contribution is -0.120. The van der Waals surface area contributed by atoms with Gasteiger partial charge in [-0.1, -0.05) is 48.2 Å². The number of anilines is 2. The number of amides is 6. The van der Waals surface area contributed by atoms with Crippen molar-refractivity contribution in [3.63, 3.8) is 0 Å². The Morgan fingerprint density at radius 1 is 0.843 bits per heavy atom. The predicted octanol–water partition coefficient (Wildman–Crippen LogP) is 7.10. The summed E-state index contributed by atoms with van der Waals surface area (Å²) in [6.07, 6.45) is 2.34. The zero-order chi connectivity index (χ0) is 49.1. The quantitative estimate of drug-likeness (QED) is 0.105. The lowest BCUT2D eigenvalue weighted by Gasteiger charge is -2.40. The number of H-pyrrole nitrogens is 1. The van der Waals surface area contributed by atoms with Crippen LogP contribution in [0.2, 0.25) is 0 Å². The zero-order valence-electron chi connectivity index (χ0n) is 39.3. The molecular formula is C53H54F2N10O5. The van der Waals surface area contributed by atoms with Gasteiger partial charge in [0.05, 0.1) is 16.9 Å². The summed E-state index contributed by atoms with van der Waals surface area (Å²) >= 11 is 0. The molecule has 0 radical (unpaired) electrons. The highest BCUT2D eigenvalue weighted by Crippen LogP contribution is 2.35. The predicted molar refractivity (Wildman–Crippen MR) is 263 cm³/mol. The van der Waals surface area contributed by atoms with Gasteiger partial charge in [0.1, 0.15) is 23.6 Å². The minimum Gasteiger partial charge on any atom is -0.386 e. The summed E-state index contributed by atoms with van der Waals surface area (Å²) in [7, 11) is 0. The van der Waals surface area contributed by atoms with E-state index < -0.39 is 29.2 Å². The monoisotopic (exact) mass is 948 g/mol. The van der Waals surface area contributed by atoms with E-state index in [0.29, 0.717) is 78.2 Å². The van der Waals surface area contributed by atoms with E-state index in [4.69, 9.17) is 0 Å². The minimum atomic E-state index is -1.29. The van der Waals surface area contributed by atoms with Gasteiger partial charge in [-0.25, -0.2) is 28.3 Å². The lowest BCUT2D eigenvalue weighted by Crippen LogP contribution is -2.56. The van der Waals surface area contributed by atoms with E-state index in [1.807, 2.05) is 52.3 Å². The van der Waals surface area contributed by atoms with Gasteiger partial charge in [-0.3, -0.25) is 29.6 Å². The van der Waals surface area contributed by atoms with E-state index >= 15 is 8.78 Å². The molecular weight excluding hydrogens is 895 g/mol. The number of rotatable bonds is 10. The molecule has 3 fully saturated rings. The average molecular weight is 949 g/mol. The summed E-state index contributed by atoms with van der Waals surface area (Å²) in [5.74, 6) is 4.00. The largest absolute Gasteiger partial charge is 0.386 e. The van der Waals surface area contributed by atoms with Crippen LogP contribution in [0, 0.1) is 30.4 Å². The second-order valence-electron chi connectivity index (χ2n) is 18.4. The number of carbonyl (C=O) groups is 4. The molecule has 3 aliphatic rings. The Balaban J connectivity index is 0.751. The summed E-state index contributed by atoms with van der Waals surface area (Å²) in [6.45, 7) is 12.4. The third-order valence-corrected chi connectivity index (χ3v) is 13.2. The Kier molecular flexibility index (Phi) is 13.7. The van der Waals surface area contributed by atoms with Crippen molar-refractivity contribution in [2.75, 3.05) is 75.7 Å². The molecule has 17 heteroatoms. The number of benzene rings is 4. The maximum Gasteiger partial charge on any atom is 0.328 e. The van der Waals surface area contributed by atoms with Crippen LogP contribution in [0.1, 0.15) is 59.3 Å². The van der Waals surface area contributed by atoms with E-state index in [-0.39, 0.29) is 29.6 Å². The molecule has 15 nitrogen and oxygen atoms in total. The molecule has 0 saturated carbocycles. The van der Waals surface area contributed by atoms with Gasteiger partial charge in [0.15, 0.2) is 0 Å². The number of halogens is 2. The number of aromatic amines is 1. The highest BCUT2D eigenvalue weighted by Gasteiger charge is 2.29. The smallest absolute Gasteiger partial charge is 0.328 e. The second-order valence-corrected chi connectivity index (χ2v) is 18.4. The molecule has 70 heavy (non-hydrogen) atoms. The fraction of sp³-hybridized carbons (Fsp3) is 0.321. The van der Waals surface area contributed by atoms with Crippen molar-refractivity contribution >= 4 is 46.3 Å². The fourth-order valence-corrected chi connectivity index (χ4v) is 9.08. The van der Waals surface area contributed by atoms with Crippen molar-refractivity contribution < 1.29 is 33.1 Å². The molecule has 0 bridgehead atoms. The standard InChI is InChI=1S/C53H54F2N10O5/c1-34-42(29-39(54)30-45(34)59-50(67)41-15-14-38(28-44(41)55)53(2,3)70)48-43-31-46(58-49(43)57-33-56-48)37-12-10-36(11-13-37)32-62-21-25-64(26-22-62)52(69)63-23-19-61(20-24-63)17-5-4-7-35-8-6-9-40(27-35)65-18-16-47(66)60-51(65)68/h6,8-15,27-31,33,70H,5,16-26,32H2,1-3H3,(H,59,67)(H,56,57,58)(H,60,66,68). The highest BCUT2D eigenvalue weighted by molar-refractivity contribution is 6.06. The third kappa shape index (κ3) is 10.7. The molecule has 6 amide bonds. The molecule has 2 aromatic heterocycles. The second kappa shape index (κ2) is 20.2. The number of hydrogen-bond acceptors (Lipinski definition) is 9. The molecule has 360 valence electrons. The third-order valence-electron chi connectivity index (χ3n) is 13.2. The number of aliphatic hydroxyl groups is 1. The van der Waals surface area contributed by atoms with Gasteiger partial charge in [-0.05, 0) is 91.6 Å². The first-order valence-electron chi connectivity index (χ1n) is 23.4. The number of aromatic nitrogens is 3. The van der Waals surface area contributed by atoms with Crippen LogP contribution < -0.4 is 15.5 Å². The normalized spacial score (nSPS) is 16.0. The van der Waals surface area contributed by atoms with Gasteiger partial charge in [-0.15, -0.1) is 0 Å². The van der Waals surface area contributed by atoms with E-state index in [2.05, 4.69) is 59.4 Å². The fourth-order valence-electron chi connectivity index (χ4n) is 9.08. The minimum absolute atomic E-state index is 0.0867. The summed E-state index contributed by atoms with van der Waals surface area (Å²) in [5, 5.41) is 15.9. The number of imide groups is 1. The van der Waals surface area contributed by atoms with Crippen LogP contribution in [0.15, 0.2) is 91.3 Å². The molecule has 0 atom stereocenters. The maximum atomic E-state index is 15.2. The number of piperazine rings is 2. The van der Waals surface area contributed by atoms with Crippen molar-refractivity contribution in [1.29, 1.82) is 0 Å². The molecule has 0 unspecified atom stereocenters. The van der Waals surface area contributed by atoms with E-state index in [1.165, 1.54) is 44.4 Å². The molecule has 0 spiro atoms. The van der Waals surface area contributed by atoms with Crippen molar-refractivity contribution in [2.24, 2.45) is 0 Å². The number of carbonyl (C=O) groups excluding carboxylic acids is 4. The lowest BCUT2D eigenvalue weighted by atomic mass is 9.96. The van der Waals surface area contributed by atoms with Crippen molar-refractivity contribution in [1.82, 2.24) is 39.9 Å². The topological polar surface area (TPSA) is 170 Å². The molecule has 0 aliphatic carbocycles. The molecule has 6 aromatic rings. The van der Waals surface area contributed by atoms with Crippen LogP contribution in [0.3, 0.4) is 0 Å². The number of hydrogen-bond donors (Lipinski definition) is 4. The van der Waals surface area contributed by atoms with Crippen molar-refractivity contribution in [3.8, 4) is 34.4 Å². The van der Waals surface area contributed by atoms with Gasteiger partial charge in [0.2, 0.25) is 5.91 Å².